The fourth-order valence-corrected chi connectivity index (χ4v) is 1.37. The Balaban J connectivity index is 2.68. The Labute approximate surface area is 116 Å². The number of nitrogens with one attached hydrogen (secondary N) is 1. The van der Waals surface area contributed by atoms with Crippen LogP contribution in [0.25, 0.3) is 0 Å². The van der Waals surface area contributed by atoms with Crippen LogP contribution in [0.4, 0.5) is 17.6 Å². The van der Waals surface area contributed by atoms with Crippen molar-refractivity contribution >= 4 is 11.9 Å². The molecule has 0 aliphatic heterocycles. The van der Waals surface area contributed by atoms with Crippen molar-refractivity contribution in [2.45, 2.75) is 12.2 Å². The molecule has 5 nitrogen and oxygen atoms in total. The van der Waals surface area contributed by atoms with E-state index >= 15 is 0 Å². The van der Waals surface area contributed by atoms with E-state index in [-0.39, 0.29) is 0 Å². The zero-order valence-electron chi connectivity index (χ0n) is 10.5. The predicted octanol–water partition coefficient (Wildman–Crippen LogP) is 1.62. The summed E-state index contributed by atoms with van der Waals surface area (Å²) in [5.74, 6) is -3.22. The number of hydrogen-bond donors (Lipinski definition) is 2. The van der Waals surface area contributed by atoms with Gasteiger partial charge < -0.3 is 15.2 Å². The number of aliphatic carboxylic acids is 1. The number of para-hydroxylation sites is 1. The summed E-state index contributed by atoms with van der Waals surface area (Å²) in [7, 11) is 0. The van der Waals surface area contributed by atoms with Gasteiger partial charge in [0.1, 0.15) is 12.4 Å². The van der Waals surface area contributed by atoms with Crippen molar-refractivity contribution in [3.05, 3.63) is 29.8 Å². The molecule has 2 N–H and O–H groups in total. The minimum atomic E-state index is -4.66. The molecular weight excluding hydrogens is 298 g/mol. The quantitative estimate of drug-likeness (QED) is 0.783. The minimum Gasteiger partial charge on any atom is -0.483 e. The van der Waals surface area contributed by atoms with E-state index in [0.29, 0.717) is 0 Å². The number of carboxylic acids is 1. The molecule has 0 aromatic heterocycles. The van der Waals surface area contributed by atoms with Crippen LogP contribution >= 0.6 is 0 Å². The van der Waals surface area contributed by atoms with Gasteiger partial charge in [0.25, 0.3) is 5.91 Å². The van der Waals surface area contributed by atoms with Gasteiger partial charge in [-0.05, 0) is 12.1 Å². The van der Waals surface area contributed by atoms with Crippen LogP contribution in [0.5, 0.6) is 5.75 Å². The van der Waals surface area contributed by atoms with Crippen LogP contribution < -0.4 is 10.1 Å². The average molecular weight is 309 g/mol. The Morgan fingerprint density at radius 3 is 2.43 bits per heavy atom. The first kappa shape index (κ1) is 16.7. The molecule has 1 rings (SSSR count). The summed E-state index contributed by atoms with van der Waals surface area (Å²) >= 11 is 0. The normalized spacial score (nSPS) is 12.6. The molecule has 0 fully saturated rings. The molecule has 21 heavy (non-hydrogen) atoms. The molecule has 1 atom stereocenters. The Morgan fingerprint density at radius 1 is 1.29 bits per heavy atom. The lowest BCUT2D eigenvalue weighted by molar-refractivity contribution is -0.142. The van der Waals surface area contributed by atoms with Gasteiger partial charge in [-0.25, -0.2) is 9.18 Å². The number of rotatable bonds is 6. The van der Waals surface area contributed by atoms with Crippen molar-refractivity contribution in [1.29, 1.82) is 0 Å². The molecule has 0 saturated heterocycles. The fourth-order valence-electron chi connectivity index (χ4n) is 1.37. The maximum Gasteiger partial charge on any atom is 0.419 e. The lowest BCUT2D eigenvalue weighted by atomic mass is 10.2. The van der Waals surface area contributed by atoms with Crippen molar-refractivity contribution in [1.82, 2.24) is 5.32 Å². The highest BCUT2D eigenvalue weighted by atomic mass is 19.4. The summed E-state index contributed by atoms with van der Waals surface area (Å²) in [6.45, 7) is -2.21. The first-order valence-corrected chi connectivity index (χ1v) is 5.63. The van der Waals surface area contributed by atoms with Gasteiger partial charge in [-0.15, -0.1) is 0 Å². The SMILES string of the molecule is O=C(COc1ccccc1C(F)(F)F)NC(CF)C(=O)O. The number of halogens is 4. The first-order valence-electron chi connectivity index (χ1n) is 5.63. The van der Waals surface area contributed by atoms with Gasteiger partial charge >= 0.3 is 12.1 Å². The van der Waals surface area contributed by atoms with Crippen LogP contribution in [0.3, 0.4) is 0 Å². The molecule has 0 heterocycles. The number of amides is 1. The van der Waals surface area contributed by atoms with Gasteiger partial charge in [0, 0.05) is 0 Å². The molecule has 9 heteroatoms. The number of carbonyl (C=O) groups excluding carboxylic acids is 1. The molecule has 0 saturated carbocycles. The third-order valence-corrected chi connectivity index (χ3v) is 2.34. The van der Waals surface area contributed by atoms with Crippen molar-refractivity contribution in [2.75, 3.05) is 13.3 Å². The summed E-state index contributed by atoms with van der Waals surface area (Å²) in [6.07, 6.45) is -4.66. The molecule has 0 spiro atoms. The molecule has 0 aliphatic rings. The zero-order valence-corrected chi connectivity index (χ0v) is 10.5. The van der Waals surface area contributed by atoms with Crippen LogP contribution in [-0.4, -0.2) is 36.3 Å². The minimum absolute atomic E-state index is 0.577. The van der Waals surface area contributed by atoms with E-state index < -0.39 is 48.7 Å². The van der Waals surface area contributed by atoms with E-state index in [2.05, 4.69) is 0 Å². The number of ether oxygens (including phenoxy) is 1. The third-order valence-electron chi connectivity index (χ3n) is 2.34. The Bertz CT molecular complexity index is 518. The van der Waals surface area contributed by atoms with Crippen LogP contribution in [0.2, 0.25) is 0 Å². The standard InChI is InChI=1S/C12H11F4NO4/c13-5-8(11(19)20)17-10(18)6-21-9-4-2-1-3-7(9)12(14,15)16/h1-4,8H,5-6H2,(H,17,18)(H,19,20). The summed E-state index contributed by atoms with van der Waals surface area (Å²) in [5, 5.41) is 10.3. The molecule has 1 amide bonds. The van der Waals surface area contributed by atoms with E-state index in [1.54, 1.807) is 5.32 Å². The largest absolute Gasteiger partial charge is 0.483 e. The van der Waals surface area contributed by atoms with Gasteiger partial charge in [0.15, 0.2) is 12.6 Å². The van der Waals surface area contributed by atoms with Crippen LogP contribution in [-0.2, 0) is 15.8 Å². The number of benzene rings is 1. The molecule has 0 aliphatic carbocycles. The molecule has 1 unspecified atom stereocenters. The second-order valence-electron chi connectivity index (χ2n) is 3.90. The Hall–Kier alpha value is -2.32. The zero-order chi connectivity index (χ0) is 16.0. The third kappa shape index (κ3) is 4.93. The molecular formula is C12H11F4NO4. The van der Waals surface area contributed by atoms with Gasteiger partial charge in [-0.1, -0.05) is 12.1 Å². The van der Waals surface area contributed by atoms with Crippen molar-refractivity contribution in [3.63, 3.8) is 0 Å². The topological polar surface area (TPSA) is 75.6 Å². The van der Waals surface area contributed by atoms with Crippen LogP contribution in [0, 0.1) is 0 Å². The van der Waals surface area contributed by atoms with Gasteiger partial charge in [-0.2, -0.15) is 13.2 Å². The highest BCUT2D eigenvalue weighted by molar-refractivity contribution is 5.84. The van der Waals surface area contributed by atoms with Crippen LogP contribution in [0.15, 0.2) is 24.3 Å². The smallest absolute Gasteiger partial charge is 0.419 e. The molecule has 0 bridgehead atoms. The summed E-state index contributed by atoms with van der Waals surface area (Å²) in [5.41, 5.74) is -1.07. The molecule has 1 aromatic rings. The highest BCUT2D eigenvalue weighted by Gasteiger charge is 2.34. The second-order valence-corrected chi connectivity index (χ2v) is 3.90. The summed E-state index contributed by atoms with van der Waals surface area (Å²) in [4.78, 5) is 21.8. The maximum absolute atomic E-state index is 12.6. The summed E-state index contributed by atoms with van der Waals surface area (Å²) in [6, 6.07) is 2.46. The molecule has 116 valence electrons. The maximum atomic E-state index is 12.6. The van der Waals surface area contributed by atoms with Gasteiger partial charge in [0.2, 0.25) is 0 Å². The van der Waals surface area contributed by atoms with E-state index in [1.807, 2.05) is 0 Å². The first-order chi connectivity index (χ1) is 9.75. The van der Waals surface area contributed by atoms with Gasteiger partial charge in [0.05, 0.1) is 5.56 Å². The number of hydrogen-bond acceptors (Lipinski definition) is 3. The predicted molar refractivity (Wildman–Crippen MR) is 62.5 cm³/mol. The Kier molecular flexibility index (Phi) is 5.51. The van der Waals surface area contributed by atoms with Crippen molar-refractivity contribution < 1.29 is 37.0 Å². The second kappa shape index (κ2) is 6.91. The lowest BCUT2D eigenvalue weighted by Gasteiger charge is -2.14. The fraction of sp³-hybridized carbons (Fsp3) is 0.333. The average Bonchev–Trinajstić information content (AvgIpc) is 2.41. The summed E-state index contributed by atoms with van der Waals surface area (Å²) < 4.78 is 54.9. The van der Waals surface area contributed by atoms with Crippen molar-refractivity contribution in [3.8, 4) is 5.75 Å². The number of carbonyl (C=O) groups is 2. The molecule has 0 radical (unpaired) electrons. The van der Waals surface area contributed by atoms with E-state index in [1.165, 1.54) is 6.07 Å². The monoisotopic (exact) mass is 309 g/mol. The van der Waals surface area contributed by atoms with E-state index in [9.17, 15) is 27.2 Å². The molecule has 1 aromatic carbocycles. The van der Waals surface area contributed by atoms with E-state index in [0.717, 1.165) is 18.2 Å². The van der Waals surface area contributed by atoms with Crippen molar-refractivity contribution in [2.24, 2.45) is 0 Å². The lowest BCUT2D eigenvalue weighted by Crippen LogP contribution is -2.44. The van der Waals surface area contributed by atoms with Crippen LogP contribution in [0.1, 0.15) is 5.56 Å². The number of alkyl halides is 4. The van der Waals surface area contributed by atoms with E-state index in [4.69, 9.17) is 9.84 Å². The van der Waals surface area contributed by atoms with Gasteiger partial charge in [-0.3, -0.25) is 4.79 Å². The highest BCUT2D eigenvalue weighted by Crippen LogP contribution is 2.35. The Morgan fingerprint density at radius 2 is 1.90 bits per heavy atom. The number of carboxylic acid groups (broad SMARTS) is 1.